The zero-order valence-corrected chi connectivity index (χ0v) is 14.5. The van der Waals surface area contributed by atoms with E-state index in [-0.39, 0.29) is 11.3 Å². The van der Waals surface area contributed by atoms with E-state index in [0.717, 1.165) is 6.07 Å². The Morgan fingerprint density at radius 2 is 1.62 bits per heavy atom. The molecule has 10 nitrogen and oxygen atoms in total. The van der Waals surface area contributed by atoms with E-state index < -0.39 is 36.1 Å². The summed E-state index contributed by atoms with van der Waals surface area (Å²) in [5, 5.41) is 28.0. The van der Waals surface area contributed by atoms with E-state index in [1.165, 1.54) is 11.8 Å². The molecule has 0 radical (unpaired) electrons. The van der Waals surface area contributed by atoms with Crippen LogP contribution in [0.5, 0.6) is 0 Å². The number of sulfonamides is 1. The molecule has 0 saturated carbocycles. The van der Waals surface area contributed by atoms with Gasteiger partial charge in [-0.15, -0.1) is 0 Å². The van der Waals surface area contributed by atoms with Gasteiger partial charge in [-0.1, -0.05) is 13.8 Å². The zero-order valence-electron chi connectivity index (χ0n) is 13.7. The zero-order chi connectivity index (χ0) is 18.7. The van der Waals surface area contributed by atoms with Gasteiger partial charge in [0.25, 0.3) is 0 Å². The van der Waals surface area contributed by atoms with Gasteiger partial charge in [-0.3, -0.25) is 20.2 Å². The molecular formula is C13H20N4O6S. The third kappa shape index (κ3) is 3.97. The fraction of sp³-hybridized carbons (Fsp3) is 0.538. The van der Waals surface area contributed by atoms with E-state index in [4.69, 9.17) is 5.14 Å². The first-order valence-corrected chi connectivity index (χ1v) is 8.84. The number of rotatable bonds is 8. The monoisotopic (exact) mass is 360 g/mol. The van der Waals surface area contributed by atoms with Crippen molar-refractivity contribution < 1.29 is 18.3 Å². The highest BCUT2D eigenvalue weighted by atomic mass is 32.2. The van der Waals surface area contributed by atoms with Crippen LogP contribution in [-0.2, 0) is 10.0 Å². The summed E-state index contributed by atoms with van der Waals surface area (Å²) in [6.45, 7) is 5.63. The molecule has 0 unspecified atom stereocenters. The molecule has 1 rings (SSSR count). The molecule has 1 aromatic rings. The summed E-state index contributed by atoms with van der Waals surface area (Å²) >= 11 is 0. The van der Waals surface area contributed by atoms with Gasteiger partial charge >= 0.3 is 11.4 Å². The molecule has 24 heavy (non-hydrogen) atoms. The predicted octanol–water partition coefficient (Wildman–Crippen LogP) is 2.09. The Hall–Kier alpha value is -2.27. The van der Waals surface area contributed by atoms with Gasteiger partial charge in [0.15, 0.2) is 5.69 Å². The van der Waals surface area contributed by atoms with Crippen LogP contribution in [0.3, 0.4) is 0 Å². The molecule has 0 atom stereocenters. The molecule has 0 aliphatic carbocycles. The summed E-state index contributed by atoms with van der Waals surface area (Å²) in [5.41, 5.74) is -1.63. The number of benzene rings is 1. The van der Waals surface area contributed by atoms with Crippen molar-refractivity contribution in [3.05, 3.63) is 31.9 Å². The molecule has 0 aliphatic heterocycles. The lowest BCUT2D eigenvalue weighted by atomic mass is 10.1. The van der Waals surface area contributed by atoms with E-state index in [0.29, 0.717) is 25.9 Å². The maximum absolute atomic E-state index is 11.7. The van der Waals surface area contributed by atoms with Crippen molar-refractivity contribution in [1.29, 1.82) is 0 Å². The molecule has 1 aromatic carbocycles. The van der Waals surface area contributed by atoms with Crippen molar-refractivity contribution in [2.24, 2.45) is 5.14 Å². The van der Waals surface area contributed by atoms with Crippen LogP contribution in [0.15, 0.2) is 11.0 Å². The summed E-state index contributed by atoms with van der Waals surface area (Å²) in [5.74, 6) is 0. The van der Waals surface area contributed by atoms with Crippen molar-refractivity contribution in [3.63, 3.8) is 0 Å². The number of anilines is 1. The Morgan fingerprint density at radius 3 is 1.96 bits per heavy atom. The minimum atomic E-state index is -4.34. The lowest BCUT2D eigenvalue weighted by Gasteiger charge is -2.24. The minimum Gasteiger partial charge on any atom is -0.360 e. The highest BCUT2D eigenvalue weighted by Crippen LogP contribution is 2.43. The SMILES string of the molecule is CCCN(CCC)c1c([N+](=O)[O-])cc(S(N)(=O)=O)c(C)c1[N+](=O)[O-]. The quantitative estimate of drug-likeness (QED) is 0.550. The molecule has 0 aromatic heterocycles. The number of nitro benzene ring substituents is 2. The second-order valence-electron chi connectivity index (χ2n) is 5.26. The van der Waals surface area contributed by atoms with Gasteiger partial charge in [-0.25, -0.2) is 13.6 Å². The van der Waals surface area contributed by atoms with Gasteiger partial charge in [-0.2, -0.15) is 0 Å². The molecule has 0 bridgehead atoms. The third-order valence-electron chi connectivity index (χ3n) is 3.45. The number of primary sulfonamides is 1. The number of hydrogen-bond donors (Lipinski definition) is 1. The van der Waals surface area contributed by atoms with E-state index in [9.17, 15) is 28.6 Å². The molecule has 2 N–H and O–H groups in total. The van der Waals surface area contributed by atoms with Gasteiger partial charge in [0.1, 0.15) is 0 Å². The first-order chi connectivity index (χ1) is 11.1. The Bertz CT molecular complexity index is 756. The van der Waals surface area contributed by atoms with Gasteiger partial charge in [0, 0.05) is 24.7 Å². The van der Waals surface area contributed by atoms with Gasteiger partial charge < -0.3 is 4.90 Å². The molecule has 11 heteroatoms. The summed E-state index contributed by atoms with van der Waals surface area (Å²) in [4.78, 5) is 22.2. The van der Waals surface area contributed by atoms with Gasteiger partial charge in [0.2, 0.25) is 10.0 Å². The van der Waals surface area contributed by atoms with Crippen LogP contribution in [-0.4, -0.2) is 31.4 Å². The van der Waals surface area contributed by atoms with Crippen LogP contribution in [0.4, 0.5) is 17.1 Å². The van der Waals surface area contributed by atoms with Gasteiger partial charge in [-0.05, 0) is 19.8 Å². The molecule has 0 spiro atoms. The van der Waals surface area contributed by atoms with Crippen LogP contribution in [0, 0.1) is 27.2 Å². The Morgan fingerprint density at radius 1 is 1.12 bits per heavy atom. The average Bonchev–Trinajstić information content (AvgIpc) is 2.44. The molecule has 0 fully saturated rings. The second-order valence-corrected chi connectivity index (χ2v) is 6.79. The Balaban J connectivity index is 3.94. The number of nitro groups is 2. The Labute approximate surface area is 139 Å². The van der Waals surface area contributed by atoms with Crippen LogP contribution in [0.25, 0.3) is 0 Å². The number of nitrogens with two attached hydrogens (primary N) is 1. The molecular weight excluding hydrogens is 340 g/mol. The second kappa shape index (κ2) is 7.53. The van der Waals surface area contributed by atoms with Crippen molar-refractivity contribution in [2.75, 3.05) is 18.0 Å². The lowest BCUT2D eigenvalue weighted by Crippen LogP contribution is -2.27. The van der Waals surface area contributed by atoms with Crippen molar-refractivity contribution in [1.82, 2.24) is 0 Å². The smallest absolute Gasteiger partial charge is 0.303 e. The topological polar surface area (TPSA) is 150 Å². The summed E-state index contributed by atoms with van der Waals surface area (Å²) < 4.78 is 23.3. The van der Waals surface area contributed by atoms with E-state index in [2.05, 4.69) is 0 Å². The summed E-state index contributed by atoms with van der Waals surface area (Å²) in [7, 11) is -4.34. The number of nitrogens with zero attached hydrogens (tertiary/aromatic N) is 3. The largest absolute Gasteiger partial charge is 0.360 e. The highest BCUT2D eigenvalue weighted by molar-refractivity contribution is 7.89. The third-order valence-corrected chi connectivity index (χ3v) is 4.49. The standard InChI is InChI=1S/C13H20N4O6S/c1-4-6-15(7-5-2)13-10(16(18)19)8-11(24(14,22)23)9(3)12(13)17(20)21/h8H,4-7H2,1-3H3,(H2,14,22,23). The number of hydrogen-bond acceptors (Lipinski definition) is 7. The van der Waals surface area contributed by atoms with Crippen molar-refractivity contribution >= 4 is 27.1 Å². The molecule has 0 saturated heterocycles. The predicted molar refractivity (Wildman–Crippen MR) is 88.7 cm³/mol. The molecule has 0 amide bonds. The normalized spacial score (nSPS) is 11.3. The van der Waals surface area contributed by atoms with Gasteiger partial charge in [0.05, 0.1) is 14.7 Å². The lowest BCUT2D eigenvalue weighted by molar-refractivity contribution is -0.393. The van der Waals surface area contributed by atoms with Crippen LogP contribution < -0.4 is 10.0 Å². The van der Waals surface area contributed by atoms with Crippen LogP contribution >= 0.6 is 0 Å². The first kappa shape index (κ1) is 19.8. The fourth-order valence-electron chi connectivity index (χ4n) is 2.56. The Kier molecular flexibility index (Phi) is 6.21. The maximum atomic E-state index is 11.7. The van der Waals surface area contributed by atoms with E-state index in [1.807, 2.05) is 13.8 Å². The van der Waals surface area contributed by atoms with Crippen LogP contribution in [0.1, 0.15) is 32.3 Å². The average molecular weight is 360 g/mol. The summed E-state index contributed by atoms with van der Waals surface area (Å²) in [6.07, 6.45) is 1.23. The van der Waals surface area contributed by atoms with E-state index in [1.54, 1.807) is 0 Å². The fourth-order valence-corrected chi connectivity index (χ4v) is 3.36. The van der Waals surface area contributed by atoms with Crippen molar-refractivity contribution in [3.8, 4) is 0 Å². The maximum Gasteiger partial charge on any atom is 0.303 e. The minimum absolute atomic E-state index is 0.182. The molecule has 0 heterocycles. The first-order valence-electron chi connectivity index (χ1n) is 7.30. The highest BCUT2D eigenvalue weighted by Gasteiger charge is 2.35. The summed E-state index contributed by atoms with van der Waals surface area (Å²) in [6, 6.07) is 0.797. The van der Waals surface area contributed by atoms with E-state index >= 15 is 0 Å². The van der Waals surface area contributed by atoms with Crippen molar-refractivity contribution in [2.45, 2.75) is 38.5 Å². The molecule has 134 valence electrons. The molecule has 0 aliphatic rings. The van der Waals surface area contributed by atoms with Crippen LogP contribution in [0.2, 0.25) is 0 Å².